The molecule has 4 N–H and O–H groups in total. The number of aliphatic carboxylic acids is 1. The first kappa shape index (κ1) is 8.76. The zero-order chi connectivity index (χ0) is 9.14. The average Bonchev–Trinajstić information content (AvgIpc) is 2.50. The Morgan fingerprint density at radius 3 is 2.75 bits per heavy atom. The van der Waals surface area contributed by atoms with E-state index in [1.807, 2.05) is 0 Å². The van der Waals surface area contributed by atoms with E-state index in [0.717, 1.165) is 0 Å². The van der Waals surface area contributed by atoms with E-state index in [1.54, 1.807) is 0 Å². The first-order valence-corrected chi connectivity index (χ1v) is 3.33. The Bertz CT molecular complexity index is 281. The first-order chi connectivity index (χ1) is 5.65. The lowest BCUT2D eigenvalue weighted by Gasteiger charge is -2.00. The van der Waals surface area contributed by atoms with Crippen molar-refractivity contribution in [2.45, 2.75) is 12.6 Å². The molecular weight excluding hydrogens is 162 g/mol. The van der Waals surface area contributed by atoms with Gasteiger partial charge in [-0.2, -0.15) is 0 Å². The predicted molar refractivity (Wildman–Crippen MR) is 39.2 cm³/mol. The maximum Gasteiger partial charge on any atom is 0.328 e. The lowest BCUT2D eigenvalue weighted by Crippen LogP contribution is -2.19. The normalized spacial score (nSPS) is 12.8. The van der Waals surface area contributed by atoms with Gasteiger partial charge in [0.05, 0.1) is 0 Å². The molecule has 0 aliphatic carbocycles. The number of nitrogens with two attached hydrogens (primary N) is 1. The van der Waals surface area contributed by atoms with Crippen molar-refractivity contribution in [3.8, 4) is 0 Å². The molecule has 0 bridgehead atoms. The number of carboxylic acids is 1. The first-order valence-electron chi connectivity index (χ1n) is 3.33. The molecule has 5 nitrogen and oxygen atoms in total. The van der Waals surface area contributed by atoms with Gasteiger partial charge in [0.15, 0.2) is 6.04 Å². The minimum Gasteiger partial charge on any atom is -0.480 e. The summed E-state index contributed by atoms with van der Waals surface area (Å²) in [6, 6.07) is 1.76. The van der Waals surface area contributed by atoms with Crippen LogP contribution in [0.1, 0.15) is 17.6 Å². The van der Waals surface area contributed by atoms with Crippen molar-refractivity contribution in [1.29, 1.82) is 0 Å². The number of aliphatic hydroxyl groups is 1. The highest BCUT2D eigenvalue weighted by atomic mass is 16.4. The molecule has 0 aromatic carbocycles. The molecule has 0 spiro atoms. The van der Waals surface area contributed by atoms with Gasteiger partial charge >= 0.3 is 5.97 Å². The molecule has 1 rings (SSSR count). The minimum atomic E-state index is -1.16. The Balaban J connectivity index is 2.81. The second-order valence-electron chi connectivity index (χ2n) is 2.28. The van der Waals surface area contributed by atoms with Gasteiger partial charge in [-0.25, -0.2) is 0 Å². The number of aliphatic hydroxyl groups excluding tert-OH is 1. The molecule has 1 aromatic heterocycles. The summed E-state index contributed by atoms with van der Waals surface area (Å²) in [7, 11) is 0. The second kappa shape index (κ2) is 3.38. The van der Waals surface area contributed by atoms with Gasteiger partial charge in [-0.1, -0.05) is 0 Å². The topological polar surface area (TPSA) is 96.7 Å². The number of carbonyl (C=O) groups is 1. The van der Waals surface area contributed by atoms with Crippen LogP contribution in [0.3, 0.4) is 0 Å². The summed E-state index contributed by atoms with van der Waals surface area (Å²) in [6.07, 6.45) is 0. The van der Waals surface area contributed by atoms with E-state index in [4.69, 9.17) is 20.4 Å². The monoisotopic (exact) mass is 171 g/mol. The van der Waals surface area contributed by atoms with E-state index < -0.39 is 12.0 Å². The molecule has 1 aromatic rings. The van der Waals surface area contributed by atoms with Crippen LogP contribution < -0.4 is 5.73 Å². The van der Waals surface area contributed by atoms with Crippen LogP contribution >= 0.6 is 0 Å². The summed E-state index contributed by atoms with van der Waals surface area (Å²) in [4.78, 5) is 10.3. The predicted octanol–water partition coefficient (Wildman–Crippen LogP) is -0.144. The molecule has 12 heavy (non-hydrogen) atoms. The summed E-state index contributed by atoms with van der Waals surface area (Å²) >= 11 is 0. The van der Waals surface area contributed by atoms with Crippen LogP contribution in [0, 0.1) is 0 Å². The summed E-state index contributed by atoms with van der Waals surface area (Å²) in [5.41, 5.74) is 5.23. The van der Waals surface area contributed by atoms with Crippen molar-refractivity contribution in [3.05, 3.63) is 23.7 Å². The molecule has 1 atom stereocenters. The summed E-state index contributed by atoms with van der Waals surface area (Å²) in [5.74, 6) is -0.706. The Hall–Kier alpha value is -1.33. The van der Waals surface area contributed by atoms with Crippen LogP contribution in [0.15, 0.2) is 16.5 Å². The maximum absolute atomic E-state index is 10.3. The fourth-order valence-electron chi connectivity index (χ4n) is 0.768. The van der Waals surface area contributed by atoms with Crippen LogP contribution in [0.5, 0.6) is 0 Å². The third-order valence-corrected chi connectivity index (χ3v) is 1.41. The summed E-state index contributed by atoms with van der Waals surface area (Å²) in [5, 5.41) is 17.1. The number of hydrogen-bond acceptors (Lipinski definition) is 4. The minimum absolute atomic E-state index is 0.145. The SMILES string of the molecule is N[C@@H](C(=O)O)c1ccc(CO)o1. The van der Waals surface area contributed by atoms with Gasteiger partial charge < -0.3 is 20.4 Å². The summed E-state index contributed by atoms with van der Waals surface area (Å²) < 4.78 is 4.90. The Morgan fingerprint density at radius 1 is 1.67 bits per heavy atom. The summed E-state index contributed by atoms with van der Waals surface area (Å²) in [6.45, 7) is -0.258. The second-order valence-corrected chi connectivity index (χ2v) is 2.28. The Labute approximate surface area is 68.4 Å². The zero-order valence-electron chi connectivity index (χ0n) is 6.23. The van der Waals surface area contributed by atoms with Crippen LogP contribution in [0.25, 0.3) is 0 Å². The van der Waals surface area contributed by atoms with Crippen LogP contribution in [0.4, 0.5) is 0 Å². The Kier molecular flexibility index (Phi) is 2.47. The van der Waals surface area contributed by atoms with Gasteiger partial charge in [-0.3, -0.25) is 4.79 Å². The van der Waals surface area contributed by atoms with Gasteiger partial charge in [-0.05, 0) is 12.1 Å². The number of hydrogen-bond donors (Lipinski definition) is 3. The lowest BCUT2D eigenvalue weighted by molar-refractivity contribution is -0.139. The van der Waals surface area contributed by atoms with E-state index in [1.165, 1.54) is 12.1 Å². The van der Waals surface area contributed by atoms with E-state index in [2.05, 4.69) is 0 Å². The fourth-order valence-corrected chi connectivity index (χ4v) is 0.768. The number of furan rings is 1. The molecular formula is C7H9NO4. The zero-order valence-corrected chi connectivity index (χ0v) is 6.23. The fraction of sp³-hybridized carbons (Fsp3) is 0.286. The molecule has 1 heterocycles. The molecule has 0 saturated carbocycles. The third-order valence-electron chi connectivity index (χ3n) is 1.41. The Morgan fingerprint density at radius 2 is 2.33 bits per heavy atom. The van der Waals surface area contributed by atoms with Crippen LogP contribution in [-0.4, -0.2) is 16.2 Å². The molecule has 0 amide bonds. The van der Waals surface area contributed by atoms with E-state index in [9.17, 15) is 4.79 Å². The number of carboxylic acid groups (broad SMARTS) is 1. The van der Waals surface area contributed by atoms with Gasteiger partial charge in [-0.15, -0.1) is 0 Å². The van der Waals surface area contributed by atoms with E-state index in [-0.39, 0.29) is 12.4 Å². The maximum atomic E-state index is 10.3. The van der Waals surface area contributed by atoms with Crippen molar-refractivity contribution < 1.29 is 19.4 Å². The highest BCUT2D eigenvalue weighted by Gasteiger charge is 2.17. The molecule has 0 fully saturated rings. The third kappa shape index (κ3) is 1.63. The van der Waals surface area contributed by atoms with Crippen molar-refractivity contribution in [2.75, 3.05) is 0 Å². The van der Waals surface area contributed by atoms with E-state index >= 15 is 0 Å². The van der Waals surface area contributed by atoms with Crippen LogP contribution in [-0.2, 0) is 11.4 Å². The standard InChI is InChI=1S/C7H9NO4/c8-6(7(10)11)5-2-1-4(3-9)12-5/h1-2,6,9H,3,8H2,(H,10,11)/t6-/m1/s1. The van der Waals surface area contributed by atoms with Gasteiger partial charge in [0, 0.05) is 0 Å². The highest BCUT2D eigenvalue weighted by Crippen LogP contribution is 2.14. The quantitative estimate of drug-likeness (QED) is 0.588. The van der Waals surface area contributed by atoms with Crippen molar-refractivity contribution in [3.63, 3.8) is 0 Å². The lowest BCUT2D eigenvalue weighted by atomic mass is 10.2. The van der Waals surface area contributed by atoms with Gasteiger partial charge in [0.25, 0.3) is 0 Å². The molecule has 0 unspecified atom stereocenters. The molecule has 0 saturated heterocycles. The molecule has 0 aliphatic heterocycles. The average molecular weight is 171 g/mol. The van der Waals surface area contributed by atoms with E-state index in [0.29, 0.717) is 5.76 Å². The highest BCUT2D eigenvalue weighted by molar-refractivity contribution is 5.74. The molecule has 0 aliphatic rings. The van der Waals surface area contributed by atoms with Crippen molar-refractivity contribution in [1.82, 2.24) is 0 Å². The van der Waals surface area contributed by atoms with Crippen molar-refractivity contribution in [2.24, 2.45) is 5.73 Å². The van der Waals surface area contributed by atoms with Crippen LogP contribution in [0.2, 0.25) is 0 Å². The number of rotatable bonds is 3. The largest absolute Gasteiger partial charge is 0.480 e. The van der Waals surface area contributed by atoms with Gasteiger partial charge in [0.1, 0.15) is 18.1 Å². The van der Waals surface area contributed by atoms with Gasteiger partial charge in [0.2, 0.25) is 0 Å². The smallest absolute Gasteiger partial charge is 0.328 e. The molecule has 66 valence electrons. The molecule has 0 radical (unpaired) electrons. The molecule has 5 heteroatoms. The van der Waals surface area contributed by atoms with Crippen molar-refractivity contribution >= 4 is 5.97 Å².